The van der Waals surface area contributed by atoms with Crippen molar-refractivity contribution >= 4 is 40.7 Å². The topological polar surface area (TPSA) is 67.8 Å². The second-order valence-electron chi connectivity index (χ2n) is 1.49. The van der Waals surface area contributed by atoms with E-state index in [9.17, 15) is 4.79 Å². The molecule has 0 aromatic carbocycles. The minimum atomic E-state index is -0.241. The third-order valence-electron chi connectivity index (χ3n) is 0.798. The first-order chi connectivity index (χ1) is 4.20. The average molecular weight is 237 g/mol. The van der Waals surface area contributed by atoms with Gasteiger partial charge in [-0.15, -0.1) is 0 Å². The minimum absolute atomic E-state index is 0.0490. The van der Waals surface area contributed by atoms with Gasteiger partial charge in [0, 0.05) is 6.21 Å². The van der Waals surface area contributed by atoms with E-state index < -0.39 is 0 Å². The summed E-state index contributed by atoms with van der Waals surface area (Å²) in [4.78, 5) is 17.7. The largest absolute Gasteiger partial charge is 0.368 e. The van der Waals surface area contributed by atoms with E-state index in [-0.39, 0.29) is 15.8 Å². The lowest BCUT2D eigenvalue weighted by molar-refractivity contribution is -0.116. The molecule has 1 aliphatic rings. The predicted molar refractivity (Wildman–Crippen MR) is 42.9 cm³/mol. The van der Waals surface area contributed by atoms with Gasteiger partial charge in [0.1, 0.15) is 3.92 Å². The summed E-state index contributed by atoms with van der Waals surface area (Å²) in [6, 6.07) is 0. The van der Waals surface area contributed by atoms with E-state index >= 15 is 0 Å². The summed E-state index contributed by atoms with van der Waals surface area (Å²) in [6.07, 6.45) is 1.48. The SMILES string of the molecule is NC1=NC(=O)C(I)C=N1. The molecule has 0 spiro atoms. The number of hydrogen-bond donors (Lipinski definition) is 1. The Morgan fingerprint density at radius 2 is 2.44 bits per heavy atom. The first kappa shape index (κ1) is 6.66. The summed E-state index contributed by atoms with van der Waals surface area (Å²) in [5, 5.41) is 0. The lowest BCUT2D eigenvalue weighted by Crippen LogP contribution is -2.24. The molecule has 0 bridgehead atoms. The molecule has 4 nitrogen and oxygen atoms in total. The molecule has 0 saturated heterocycles. The highest BCUT2D eigenvalue weighted by atomic mass is 127. The summed E-state index contributed by atoms with van der Waals surface area (Å²) in [5.74, 6) is -0.184. The first-order valence-corrected chi connectivity index (χ1v) is 3.51. The van der Waals surface area contributed by atoms with Gasteiger partial charge < -0.3 is 5.73 Å². The predicted octanol–water partition coefficient (Wildman–Crippen LogP) is -0.284. The van der Waals surface area contributed by atoms with Gasteiger partial charge in [0.15, 0.2) is 0 Å². The maximum absolute atomic E-state index is 10.6. The Bertz CT molecular complexity index is 198. The second kappa shape index (κ2) is 2.42. The maximum Gasteiger partial charge on any atom is 0.267 e. The number of hydrogen-bond acceptors (Lipinski definition) is 3. The molecule has 1 rings (SSSR count). The van der Waals surface area contributed by atoms with Crippen LogP contribution in [0.5, 0.6) is 0 Å². The van der Waals surface area contributed by atoms with Crippen molar-refractivity contribution in [3.63, 3.8) is 0 Å². The number of carbonyl (C=O) groups excluding carboxylic acids is 1. The molecule has 1 atom stereocenters. The fraction of sp³-hybridized carbons (Fsp3) is 0.250. The van der Waals surface area contributed by atoms with E-state index in [0.29, 0.717) is 0 Å². The normalized spacial score (nSPS) is 26.1. The number of halogens is 1. The van der Waals surface area contributed by atoms with Crippen LogP contribution >= 0.6 is 22.6 Å². The molecule has 1 unspecified atom stereocenters. The van der Waals surface area contributed by atoms with Crippen molar-refractivity contribution < 1.29 is 4.79 Å². The van der Waals surface area contributed by atoms with Crippen molar-refractivity contribution in [3.05, 3.63) is 0 Å². The van der Waals surface area contributed by atoms with Crippen LogP contribution in [0.3, 0.4) is 0 Å². The van der Waals surface area contributed by atoms with E-state index in [4.69, 9.17) is 5.73 Å². The van der Waals surface area contributed by atoms with Gasteiger partial charge in [-0.1, -0.05) is 22.6 Å². The number of guanidine groups is 1. The fourth-order valence-electron chi connectivity index (χ4n) is 0.409. The molecule has 0 aromatic rings. The van der Waals surface area contributed by atoms with Crippen LogP contribution in [0.1, 0.15) is 0 Å². The summed E-state index contributed by atoms with van der Waals surface area (Å²) >= 11 is 1.93. The summed E-state index contributed by atoms with van der Waals surface area (Å²) < 4.78 is -0.241. The zero-order chi connectivity index (χ0) is 6.85. The standard InChI is InChI=1S/C4H4IN3O/c5-2-1-7-4(6)8-3(2)9/h1-2H,(H2,6,8,9). The van der Waals surface area contributed by atoms with Gasteiger partial charge in [-0.05, 0) is 0 Å². The fourth-order valence-corrected chi connectivity index (χ4v) is 0.709. The third-order valence-corrected chi connectivity index (χ3v) is 1.65. The molecule has 0 aliphatic carbocycles. The summed E-state index contributed by atoms with van der Waals surface area (Å²) in [5.41, 5.74) is 5.12. The second-order valence-corrected chi connectivity index (χ2v) is 2.83. The minimum Gasteiger partial charge on any atom is -0.368 e. The number of rotatable bonds is 0. The van der Waals surface area contributed by atoms with E-state index in [0.717, 1.165) is 0 Å². The smallest absolute Gasteiger partial charge is 0.267 e. The van der Waals surface area contributed by atoms with Gasteiger partial charge in [0.2, 0.25) is 5.96 Å². The zero-order valence-electron chi connectivity index (χ0n) is 4.41. The van der Waals surface area contributed by atoms with Crippen LogP contribution in [0.25, 0.3) is 0 Å². The van der Waals surface area contributed by atoms with Gasteiger partial charge >= 0.3 is 0 Å². The molecule has 5 heteroatoms. The van der Waals surface area contributed by atoms with Crippen LogP contribution < -0.4 is 5.73 Å². The van der Waals surface area contributed by atoms with Crippen molar-refractivity contribution in [2.75, 3.05) is 0 Å². The van der Waals surface area contributed by atoms with Gasteiger partial charge in [0.05, 0.1) is 0 Å². The first-order valence-electron chi connectivity index (χ1n) is 2.26. The highest BCUT2D eigenvalue weighted by Gasteiger charge is 2.14. The number of nitrogens with two attached hydrogens (primary N) is 1. The number of aliphatic imine (C=N–C) groups is 2. The highest BCUT2D eigenvalue weighted by Crippen LogP contribution is 2.03. The van der Waals surface area contributed by atoms with Crippen molar-refractivity contribution in [1.82, 2.24) is 0 Å². The Labute approximate surface area is 65.4 Å². The Kier molecular flexibility index (Phi) is 1.79. The number of nitrogens with zero attached hydrogens (tertiary/aromatic N) is 2. The maximum atomic E-state index is 10.6. The highest BCUT2D eigenvalue weighted by molar-refractivity contribution is 14.1. The zero-order valence-corrected chi connectivity index (χ0v) is 6.57. The Morgan fingerprint density at radius 1 is 1.78 bits per heavy atom. The van der Waals surface area contributed by atoms with E-state index in [1.165, 1.54) is 6.21 Å². The van der Waals surface area contributed by atoms with Crippen LogP contribution in [0.4, 0.5) is 0 Å². The Balaban J connectivity index is 2.82. The lowest BCUT2D eigenvalue weighted by Gasteiger charge is -2.02. The third kappa shape index (κ3) is 1.47. The molecule has 0 radical (unpaired) electrons. The van der Waals surface area contributed by atoms with Gasteiger partial charge in [-0.25, -0.2) is 4.99 Å². The van der Waals surface area contributed by atoms with Crippen molar-refractivity contribution in [3.8, 4) is 0 Å². The average Bonchev–Trinajstić information content (AvgIpc) is 1.80. The molecular formula is C4H4IN3O. The van der Waals surface area contributed by atoms with E-state index in [1.54, 1.807) is 0 Å². The van der Waals surface area contributed by atoms with Crippen molar-refractivity contribution in [1.29, 1.82) is 0 Å². The van der Waals surface area contributed by atoms with Crippen LogP contribution in [0.2, 0.25) is 0 Å². The lowest BCUT2D eigenvalue weighted by atomic mass is 10.4. The molecule has 9 heavy (non-hydrogen) atoms. The van der Waals surface area contributed by atoms with E-state index in [1.807, 2.05) is 22.6 Å². The molecule has 2 N–H and O–H groups in total. The molecular weight excluding hydrogens is 233 g/mol. The molecule has 1 aliphatic heterocycles. The van der Waals surface area contributed by atoms with Crippen LogP contribution in [-0.2, 0) is 4.79 Å². The van der Waals surface area contributed by atoms with Crippen LogP contribution in [-0.4, -0.2) is 22.0 Å². The Hall–Kier alpha value is -0.460. The van der Waals surface area contributed by atoms with Gasteiger partial charge in [-0.2, -0.15) is 4.99 Å². The summed E-state index contributed by atoms with van der Waals surface area (Å²) in [6.45, 7) is 0. The molecule has 0 fully saturated rings. The quantitative estimate of drug-likeness (QED) is 0.464. The Morgan fingerprint density at radius 3 is 2.89 bits per heavy atom. The number of carbonyl (C=O) groups is 1. The monoisotopic (exact) mass is 237 g/mol. The van der Waals surface area contributed by atoms with E-state index in [2.05, 4.69) is 9.98 Å². The van der Waals surface area contributed by atoms with Gasteiger partial charge in [0.25, 0.3) is 5.91 Å². The molecule has 0 saturated carbocycles. The number of alkyl halides is 1. The van der Waals surface area contributed by atoms with Crippen molar-refractivity contribution in [2.45, 2.75) is 3.92 Å². The molecule has 48 valence electrons. The van der Waals surface area contributed by atoms with Crippen LogP contribution in [0, 0.1) is 0 Å². The summed E-state index contributed by atoms with van der Waals surface area (Å²) in [7, 11) is 0. The molecule has 1 heterocycles. The van der Waals surface area contributed by atoms with Crippen LogP contribution in [0.15, 0.2) is 9.98 Å². The van der Waals surface area contributed by atoms with Crippen molar-refractivity contribution in [2.24, 2.45) is 15.7 Å². The van der Waals surface area contributed by atoms with Gasteiger partial charge in [-0.3, -0.25) is 4.79 Å². The molecule has 1 amide bonds. The number of amides is 1. The molecule has 0 aromatic heterocycles.